The highest BCUT2D eigenvalue weighted by Crippen LogP contribution is 2.28. The van der Waals surface area contributed by atoms with E-state index in [0.717, 1.165) is 24.0 Å². The molecular formula is C14H21NO3. The lowest BCUT2D eigenvalue weighted by molar-refractivity contribution is 0.0386. The lowest BCUT2D eigenvalue weighted by atomic mass is 10.3. The zero-order valence-electron chi connectivity index (χ0n) is 10.8. The standard InChI is InChI=1S/C14H21NO3/c1-17-14-6-4-12(5-7-14)15-8-13(16)10-18-9-11-2-3-11/h4-7,11,13,15-16H,2-3,8-10H2,1H3. The zero-order valence-corrected chi connectivity index (χ0v) is 10.8. The Hall–Kier alpha value is -1.26. The monoisotopic (exact) mass is 251 g/mol. The normalized spacial score (nSPS) is 16.3. The third-order valence-corrected chi connectivity index (χ3v) is 2.99. The van der Waals surface area contributed by atoms with E-state index < -0.39 is 6.10 Å². The van der Waals surface area contributed by atoms with E-state index in [-0.39, 0.29) is 0 Å². The van der Waals surface area contributed by atoms with Gasteiger partial charge in [0, 0.05) is 18.8 Å². The van der Waals surface area contributed by atoms with Crippen molar-refractivity contribution in [3.8, 4) is 5.75 Å². The molecule has 0 spiro atoms. The average molecular weight is 251 g/mol. The molecule has 1 aromatic rings. The lowest BCUT2D eigenvalue weighted by Crippen LogP contribution is -2.25. The summed E-state index contributed by atoms with van der Waals surface area (Å²) in [6.45, 7) is 1.69. The van der Waals surface area contributed by atoms with E-state index in [1.54, 1.807) is 7.11 Å². The van der Waals surface area contributed by atoms with Crippen molar-refractivity contribution in [3.63, 3.8) is 0 Å². The molecule has 0 heterocycles. The summed E-state index contributed by atoms with van der Waals surface area (Å²) in [5.74, 6) is 1.57. The molecule has 0 amide bonds. The van der Waals surface area contributed by atoms with E-state index in [2.05, 4.69) is 5.32 Å². The van der Waals surface area contributed by atoms with Gasteiger partial charge in [-0.15, -0.1) is 0 Å². The van der Waals surface area contributed by atoms with Crippen LogP contribution < -0.4 is 10.1 Å². The minimum Gasteiger partial charge on any atom is -0.497 e. The van der Waals surface area contributed by atoms with Crippen molar-refractivity contribution in [1.29, 1.82) is 0 Å². The molecule has 1 unspecified atom stereocenters. The van der Waals surface area contributed by atoms with Gasteiger partial charge < -0.3 is 19.9 Å². The Kier molecular flexibility index (Phi) is 4.84. The van der Waals surface area contributed by atoms with E-state index in [4.69, 9.17) is 9.47 Å². The molecule has 4 nitrogen and oxygen atoms in total. The van der Waals surface area contributed by atoms with Crippen molar-refractivity contribution in [2.24, 2.45) is 5.92 Å². The summed E-state index contributed by atoms with van der Waals surface area (Å²) in [5.41, 5.74) is 0.969. The van der Waals surface area contributed by atoms with E-state index >= 15 is 0 Å². The molecule has 100 valence electrons. The number of anilines is 1. The third-order valence-electron chi connectivity index (χ3n) is 2.99. The molecule has 0 saturated heterocycles. The number of hydrogen-bond acceptors (Lipinski definition) is 4. The predicted molar refractivity (Wildman–Crippen MR) is 71.0 cm³/mol. The Morgan fingerprint density at radius 2 is 2.06 bits per heavy atom. The van der Waals surface area contributed by atoms with Gasteiger partial charge in [-0.05, 0) is 43.0 Å². The Bertz CT molecular complexity index is 349. The van der Waals surface area contributed by atoms with Gasteiger partial charge in [-0.2, -0.15) is 0 Å². The Morgan fingerprint density at radius 3 is 2.67 bits per heavy atom. The van der Waals surface area contributed by atoms with Crippen molar-refractivity contribution in [2.45, 2.75) is 18.9 Å². The maximum Gasteiger partial charge on any atom is 0.119 e. The summed E-state index contributed by atoms with van der Waals surface area (Å²) in [6, 6.07) is 7.63. The van der Waals surface area contributed by atoms with Crippen LogP contribution in [0.15, 0.2) is 24.3 Å². The van der Waals surface area contributed by atoms with E-state index in [1.807, 2.05) is 24.3 Å². The second-order valence-electron chi connectivity index (χ2n) is 4.74. The van der Waals surface area contributed by atoms with Crippen LogP contribution in [0.25, 0.3) is 0 Å². The maximum absolute atomic E-state index is 9.73. The number of benzene rings is 1. The van der Waals surface area contributed by atoms with Crippen molar-refractivity contribution in [2.75, 3.05) is 32.2 Å². The van der Waals surface area contributed by atoms with Crippen LogP contribution in [0.2, 0.25) is 0 Å². The van der Waals surface area contributed by atoms with Crippen LogP contribution in [0.5, 0.6) is 5.75 Å². The van der Waals surface area contributed by atoms with Crippen molar-refractivity contribution >= 4 is 5.69 Å². The Balaban J connectivity index is 1.62. The second kappa shape index (κ2) is 6.61. The van der Waals surface area contributed by atoms with Gasteiger partial charge in [-0.25, -0.2) is 0 Å². The molecule has 18 heavy (non-hydrogen) atoms. The third kappa shape index (κ3) is 4.55. The number of ether oxygens (including phenoxy) is 2. The topological polar surface area (TPSA) is 50.7 Å². The fraction of sp³-hybridized carbons (Fsp3) is 0.571. The van der Waals surface area contributed by atoms with Gasteiger partial charge in [0.05, 0.1) is 19.8 Å². The number of nitrogens with one attached hydrogen (secondary N) is 1. The van der Waals surface area contributed by atoms with Crippen LogP contribution in [0.3, 0.4) is 0 Å². The Morgan fingerprint density at radius 1 is 1.33 bits per heavy atom. The van der Waals surface area contributed by atoms with Gasteiger partial charge in [0.1, 0.15) is 5.75 Å². The van der Waals surface area contributed by atoms with Gasteiger partial charge in [0.25, 0.3) is 0 Å². The molecular weight excluding hydrogens is 230 g/mol. The summed E-state index contributed by atoms with van der Waals surface area (Å²) >= 11 is 0. The second-order valence-corrected chi connectivity index (χ2v) is 4.74. The van der Waals surface area contributed by atoms with Crippen molar-refractivity contribution in [1.82, 2.24) is 0 Å². The van der Waals surface area contributed by atoms with Gasteiger partial charge in [-0.1, -0.05) is 0 Å². The molecule has 2 N–H and O–H groups in total. The Labute approximate surface area is 108 Å². The molecule has 0 bridgehead atoms. The number of methoxy groups -OCH3 is 1. The van der Waals surface area contributed by atoms with Gasteiger partial charge in [-0.3, -0.25) is 0 Å². The van der Waals surface area contributed by atoms with Crippen LogP contribution in [0.1, 0.15) is 12.8 Å². The van der Waals surface area contributed by atoms with E-state index in [0.29, 0.717) is 13.2 Å². The number of aliphatic hydroxyl groups excluding tert-OH is 1. The van der Waals surface area contributed by atoms with E-state index in [1.165, 1.54) is 12.8 Å². The maximum atomic E-state index is 9.73. The molecule has 1 atom stereocenters. The van der Waals surface area contributed by atoms with Gasteiger partial charge >= 0.3 is 0 Å². The zero-order chi connectivity index (χ0) is 12.8. The molecule has 0 radical (unpaired) electrons. The summed E-state index contributed by atoms with van der Waals surface area (Å²) in [4.78, 5) is 0. The smallest absolute Gasteiger partial charge is 0.119 e. The van der Waals surface area contributed by atoms with Crippen LogP contribution in [-0.4, -0.2) is 38.1 Å². The molecule has 0 aromatic heterocycles. The molecule has 1 saturated carbocycles. The van der Waals surface area contributed by atoms with E-state index in [9.17, 15) is 5.11 Å². The fourth-order valence-electron chi connectivity index (χ4n) is 1.66. The lowest BCUT2D eigenvalue weighted by Gasteiger charge is -2.13. The van der Waals surface area contributed by atoms with Crippen LogP contribution in [0.4, 0.5) is 5.69 Å². The summed E-state index contributed by atoms with van der Waals surface area (Å²) in [5, 5.41) is 12.9. The van der Waals surface area contributed by atoms with Crippen LogP contribution in [-0.2, 0) is 4.74 Å². The molecule has 1 aliphatic rings. The first-order chi connectivity index (χ1) is 8.78. The quantitative estimate of drug-likeness (QED) is 0.741. The first-order valence-corrected chi connectivity index (χ1v) is 6.41. The first kappa shape index (κ1) is 13.2. The fourth-order valence-corrected chi connectivity index (χ4v) is 1.66. The van der Waals surface area contributed by atoms with Crippen molar-refractivity contribution in [3.05, 3.63) is 24.3 Å². The molecule has 2 rings (SSSR count). The molecule has 1 aliphatic carbocycles. The highest BCUT2D eigenvalue weighted by atomic mass is 16.5. The summed E-state index contributed by atoms with van der Waals surface area (Å²) in [6.07, 6.45) is 2.09. The van der Waals surface area contributed by atoms with Crippen LogP contribution >= 0.6 is 0 Å². The molecule has 1 fully saturated rings. The summed E-state index contributed by atoms with van der Waals surface area (Å²) < 4.78 is 10.5. The van der Waals surface area contributed by atoms with Gasteiger partial charge in [0.2, 0.25) is 0 Å². The predicted octanol–water partition coefficient (Wildman–Crippen LogP) is 1.89. The number of rotatable bonds is 8. The highest BCUT2D eigenvalue weighted by molar-refractivity contribution is 5.46. The summed E-state index contributed by atoms with van der Waals surface area (Å²) in [7, 11) is 1.64. The first-order valence-electron chi connectivity index (χ1n) is 6.41. The molecule has 0 aliphatic heterocycles. The average Bonchev–Trinajstić information content (AvgIpc) is 3.21. The van der Waals surface area contributed by atoms with Crippen molar-refractivity contribution < 1.29 is 14.6 Å². The minimum absolute atomic E-state index is 0.402. The minimum atomic E-state index is -0.467. The SMILES string of the molecule is COc1ccc(NCC(O)COCC2CC2)cc1. The van der Waals surface area contributed by atoms with Gasteiger partial charge in [0.15, 0.2) is 0 Å². The number of aliphatic hydroxyl groups is 1. The number of hydrogen-bond donors (Lipinski definition) is 2. The van der Waals surface area contributed by atoms with Crippen LogP contribution in [0, 0.1) is 5.92 Å². The molecule has 1 aromatic carbocycles. The molecule has 4 heteroatoms. The largest absolute Gasteiger partial charge is 0.497 e. The highest BCUT2D eigenvalue weighted by Gasteiger charge is 2.21.